The highest BCUT2D eigenvalue weighted by Gasteiger charge is 2.27. The quantitative estimate of drug-likeness (QED) is 0.170. The van der Waals surface area contributed by atoms with Gasteiger partial charge in [-0.05, 0) is 95.3 Å². The summed E-state index contributed by atoms with van der Waals surface area (Å²) in [4.78, 5) is 0. The summed E-state index contributed by atoms with van der Waals surface area (Å²) in [6.07, 6.45) is 9.64. The molecule has 0 aliphatic heterocycles. The van der Waals surface area contributed by atoms with Crippen LogP contribution in [0.3, 0.4) is 0 Å². The van der Waals surface area contributed by atoms with Crippen LogP contribution in [0.1, 0.15) is 41.1 Å². The zero-order chi connectivity index (χ0) is 33.9. The van der Waals surface area contributed by atoms with E-state index in [4.69, 9.17) is 5.73 Å². The molecule has 0 amide bonds. The normalized spacial score (nSPS) is 14.8. The summed E-state index contributed by atoms with van der Waals surface area (Å²) in [5.41, 5.74) is 25.3. The molecule has 244 valence electrons. The average Bonchev–Trinajstić information content (AvgIpc) is 4.00. The minimum absolute atomic E-state index is 0.0427. The molecular formula is C48H37N3. The molecule has 51 heavy (non-hydrogen) atoms. The van der Waals surface area contributed by atoms with Crippen LogP contribution in [-0.2, 0) is 6.42 Å². The molecule has 6 aromatic carbocycles. The van der Waals surface area contributed by atoms with Crippen molar-refractivity contribution in [2.24, 2.45) is 5.73 Å². The Hall–Kier alpha value is -6.12. The number of allylic oxidation sites excluding steroid dienone is 1. The van der Waals surface area contributed by atoms with Gasteiger partial charge in [-0.3, -0.25) is 0 Å². The standard InChI is InChI=1S/C48H37N3/c49-48(33-15-7-8-16-33)47(32-13-3-1-4-14-32)36-17-11-20-38(29-36)51-44-24-12-22-40(44)42-30-34(26-28-45(42)51)35-25-27-41-39-21-9-10-23-43(39)50(46(41)31-35)37-18-5-2-6-19-37/h1-7,9-14,17-23,25-31,47-48H,8,16,24,49H2. The van der Waals surface area contributed by atoms with Gasteiger partial charge < -0.3 is 14.9 Å². The molecule has 0 spiro atoms. The van der Waals surface area contributed by atoms with E-state index >= 15 is 0 Å². The van der Waals surface area contributed by atoms with E-state index in [2.05, 4.69) is 179 Å². The van der Waals surface area contributed by atoms with Crippen molar-refractivity contribution in [1.82, 2.24) is 9.13 Å². The molecule has 0 fully saturated rings. The van der Waals surface area contributed by atoms with Crippen molar-refractivity contribution < 1.29 is 0 Å². The van der Waals surface area contributed by atoms with Gasteiger partial charge in [0, 0.05) is 57.2 Å². The van der Waals surface area contributed by atoms with Crippen LogP contribution in [-0.4, -0.2) is 15.2 Å². The van der Waals surface area contributed by atoms with Gasteiger partial charge in [-0.15, -0.1) is 5.73 Å². The van der Waals surface area contributed by atoms with Crippen LogP contribution in [0, 0.1) is 0 Å². The molecule has 2 aliphatic rings. The molecule has 0 saturated carbocycles. The lowest BCUT2D eigenvalue weighted by atomic mass is 9.82. The second-order valence-corrected chi connectivity index (χ2v) is 13.9. The average molecular weight is 656 g/mol. The number of fused-ring (bicyclic) bond motifs is 6. The first-order valence-electron chi connectivity index (χ1n) is 18.0. The number of hydrogen-bond acceptors (Lipinski definition) is 1. The maximum absolute atomic E-state index is 7.07. The summed E-state index contributed by atoms with van der Waals surface area (Å²) in [7, 11) is 0. The van der Waals surface area contributed by atoms with E-state index < -0.39 is 0 Å². The Balaban J connectivity index is 1.10. The Labute approximate surface area is 297 Å². The van der Waals surface area contributed by atoms with Crippen LogP contribution in [0.2, 0.25) is 0 Å². The molecule has 2 aromatic heterocycles. The van der Waals surface area contributed by atoms with Gasteiger partial charge in [0.2, 0.25) is 0 Å². The number of hydrogen-bond donors (Lipinski definition) is 1. The number of rotatable bonds is 7. The fourth-order valence-corrected chi connectivity index (χ4v) is 8.62. The largest absolute Gasteiger partial charge is 0.323 e. The predicted octanol–water partition coefficient (Wildman–Crippen LogP) is 11.3. The third kappa shape index (κ3) is 4.86. The van der Waals surface area contributed by atoms with Gasteiger partial charge in [-0.2, -0.15) is 0 Å². The summed E-state index contributed by atoms with van der Waals surface area (Å²) in [6, 6.07) is 53.0. The highest BCUT2D eigenvalue weighted by Crippen LogP contribution is 2.40. The summed E-state index contributed by atoms with van der Waals surface area (Å²) in [5.74, 6) is 0.0427. The Bertz CT molecular complexity index is 2720. The Morgan fingerprint density at radius 2 is 1.27 bits per heavy atom. The van der Waals surface area contributed by atoms with Gasteiger partial charge in [0.1, 0.15) is 0 Å². The smallest absolute Gasteiger partial charge is 0.0547 e. The van der Waals surface area contributed by atoms with E-state index in [-0.39, 0.29) is 12.0 Å². The molecule has 2 aliphatic carbocycles. The van der Waals surface area contributed by atoms with Crippen molar-refractivity contribution in [1.29, 1.82) is 0 Å². The number of para-hydroxylation sites is 2. The van der Waals surface area contributed by atoms with E-state index in [0.717, 1.165) is 19.3 Å². The van der Waals surface area contributed by atoms with Gasteiger partial charge >= 0.3 is 0 Å². The molecule has 10 rings (SSSR count). The molecule has 2 heterocycles. The second kappa shape index (κ2) is 12.0. The predicted molar refractivity (Wildman–Crippen MR) is 213 cm³/mol. The summed E-state index contributed by atoms with van der Waals surface area (Å²) in [5, 5.41) is 3.82. The summed E-state index contributed by atoms with van der Waals surface area (Å²) < 4.78 is 4.86. The highest BCUT2D eigenvalue weighted by molar-refractivity contribution is 6.10. The van der Waals surface area contributed by atoms with Crippen LogP contribution in [0.5, 0.6) is 0 Å². The molecule has 0 bridgehead atoms. The summed E-state index contributed by atoms with van der Waals surface area (Å²) in [6.45, 7) is 0. The van der Waals surface area contributed by atoms with Crippen LogP contribution in [0.4, 0.5) is 0 Å². The van der Waals surface area contributed by atoms with Gasteiger partial charge in [-0.25, -0.2) is 0 Å². The lowest BCUT2D eigenvalue weighted by molar-refractivity contribution is 0.649. The molecule has 8 aromatic rings. The Morgan fingerprint density at radius 3 is 2.12 bits per heavy atom. The topological polar surface area (TPSA) is 35.9 Å². The number of aromatic nitrogens is 2. The summed E-state index contributed by atoms with van der Waals surface area (Å²) >= 11 is 0. The molecule has 3 nitrogen and oxygen atoms in total. The minimum Gasteiger partial charge on any atom is -0.323 e. The lowest BCUT2D eigenvalue weighted by Crippen LogP contribution is -2.31. The zero-order valence-corrected chi connectivity index (χ0v) is 28.3. The highest BCUT2D eigenvalue weighted by atomic mass is 15.0. The van der Waals surface area contributed by atoms with Crippen molar-refractivity contribution in [3.63, 3.8) is 0 Å². The molecule has 3 heteroatoms. The molecule has 0 saturated heterocycles. The van der Waals surface area contributed by atoms with Gasteiger partial charge in [0.25, 0.3) is 0 Å². The zero-order valence-electron chi connectivity index (χ0n) is 28.3. The van der Waals surface area contributed by atoms with Crippen molar-refractivity contribution in [2.45, 2.75) is 31.2 Å². The van der Waals surface area contributed by atoms with Gasteiger partial charge in [-0.1, -0.05) is 109 Å². The fourth-order valence-electron chi connectivity index (χ4n) is 8.62. The van der Waals surface area contributed by atoms with Crippen molar-refractivity contribution in [2.75, 3.05) is 0 Å². The van der Waals surface area contributed by atoms with Crippen LogP contribution in [0.25, 0.3) is 61.3 Å². The van der Waals surface area contributed by atoms with E-state index in [1.165, 1.54) is 83.2 Å². The van der Waals surface area contributed by atoms with E-state index in [0.29, 0.717) is 0 Å². The van der Waals surface area contributed by atoms with Crippen molar-refractivity contribution >= 4 is 38.8 Å². The fraction of sp³-hybridized carbons (Fsp3) is 0.104. The van der Waals surface area contributed by atoms with E-state index in [1.54, 1.807) is 0 Å². The van der Waals surface area contributed by atoms with Gasteiger partial charge in [0.05, 0.1) is 16.6 Å². The number of benzene rings is 6. The van der Waals surface area contributed by atoms with Crippen molar-refractivity contribution in [3.05, 3.63) is 191 Å². The van der Waals surface area contributed by atoms with Crippen LogP contribution < -0.4 is 5.73 Å². The molecule has 0 radical (unpaired) electrons. The van der Waals surface area contributed by atoms with Crippen molar-refractivity contribution in [3.8, 4) is 22.5 Å². The second-order valence-electron chi connectivity index (χ2n) is 13.9. The SMILES string of the molecule is NC(C1=C=CCC1)C(c1ccccc1)c1cccc(-n2c3c(c4cc(-c5ccc6c7ccccc7n(-c7ccccc7)c6c5)ccc42)C=CC3)c1. The molecule has 2 N–H and O–H groups in total. The third-order valence-electron chi connectivity index (χ3n) is 11.0. The first-order chi connectivity index (χ1) is 25.2. The van der Waals surface area contributed by atoms with Gasteiger partial charge in [0.15, 0.2) is 0 Å². The van der Waals surface area contributed by atoms with E-state index in [1.807, 2.05) is 0 Å². The maximum Gasteiger partial charge on any atom is 0.0547 e. The Morgan fingerprint density at radius 1 is 0.569 bits per heavy atom. The Kier molecular flexibility index (Phi) is 7.02. The number of nitrogens with two attached hydrogens (primary N) is 1. The maximum atomic E-state index is 7.07. The minimum atomic E-state index is -0.129. The number of nitrogens with zero attached hydrogens (tertiary/aromatic N) is 2. The first kappa shape index (κ1) is 29.8. The van der Waals surface area contributed by atoms with E-state index in [9.17, 15) is 0 Å². The monoisotopic (exact) mass is 655 g/mol. The van der Waals surface area contributed by atoms with Crippen LogP contribution in [0.15, 0.2) is 169 Å². The first-order valence-corrected chi connectivity index (χ1v) is 18.0. The third-order valence-corrected chi connectivity index (χ3v) is 11.0. The molecular weight excluding hydrogens is 619 g/mol. The molecule has 2 unspecified atom stereocenters. The van der Waals surface area contributed by atoms with Crippen LogP contribution >= 0.6 is 0 Å². The molecule has 2 atom stereocenters. The lowest BCUT2D eigenvalue weighted by Gasteiger charge is -2.26.